The lowest BCUT2D eigenvalue weighted by molar-refractivity contribution is 0.0789. The van der Waals surface area contributed by atoms with Crippen LogP contribution in [0.4, 0.5) is 0 Å². The second-order valence-corrected chi connectivity index (χ2v) is 5.74. The Balaban J connectivity index is 1.61. The Bertz CT molecular complexity index is 762. The van der Waals surface area contributed by atoms with Crippen LogP contribution in [0.2, 0.25) is 0 Å². The fourth-order valence-electron chi connectivity index (χ4n) is 2.66. The third-order valence-electron chi connectivity index (χ3n) is 3.86. The van der Waals surface area contributed by atoms with Crippen molar-refractivity contribution in [2.24, 2.45) is 0 Å². The first-order valence-corrected chi connectivity index (χ1v) is 8.77. The quantitative estimate of drug-likeness (QED) is 0.825. The molecule has 3 rings (SSSR count). The molecule has 26 heavy (non-hydrogen) atoms. The van der Waals surface area contributed by atoms with E-state index in [1.54, 1.807) is 18.2 Å². The Morgan fingerprint density at radius 1 is 1.08 bits per heavy atom. The second-order valence-electron chi connectivity index (χ2n) is 5.74. The molecule has 2 aromatic rings. The van der Waals surface area contributed by atoms with E-state index in [0.717, 1.165) is 5.75 Å². The number of nitrogens with one attached hydrogen (secondary N) is 1. The Morgan fingerprint density at radius 3 is 2.58 bits per heavy atom. The van der Waals surface area contributed by atoms with Gasteiger partial charge in [-0.15, -0.1) is 0 Å². The number of para-hydroxylation sites is 2. The molecule has 0 saturated heterocycles. The summed E-state index contributed by atoms with van der Waals surface area (Å²) < 4.78 is 22.6. The molecule has 0 unspecified atom stereocenters. The molecular weight excluding hydrogens is 334 g/mol. The van der Waals surface area contributed by atoms with Crippen molar-refractivity contribution in [3.63, 3.8) is 0 Å². The molecule has 6 nitrogen and oxygen atoms in total. The molecule has 1 atom stereocenters. The van der Waals surface area contributed by atoms with Gasteiger partial charge in [0.2, 0.25) is 0 Å². The van der Waals surface area contributed by atoms with E-state index >= 15 is 0 Å². The normalized spacial score (nSPS) is 15.2. The Morgan fingerprint density at radius 2 is 1.81 bits per heavy atom. The summed E-state index contributed by atoms with van der Waals surface area (Å²) in [5.41, 5.74) is 0.508. The molecule has 0 aromatic heterocycles. The fraction of sp³-hybridized carbons (Fsp3) is 0.350. The maximum absolute atomic E-state index is 12.5. The summed E-state index contributed by atoms with van der Waals surface area (Å²) in [5.74, 6) is 2.41. The Kier molecular flexibility index (Phi) is 5.84. The summed E-state index contributed by atoms with van der Waals surface area (Å²) in [5, 5.41) is 2.88. The molecule has 0 saturated carbocycles. The molecule has 2 aromatic carbocycles. The van der Waals surface area contributed by atoms with E-state index in [-0.39, 0.29) is 12.0 Å². The number of hydrogen-bond acceptors (Lipinski definition) is 5. The van der Waals surface area contributed by atoms with Gasteiger partial charge in [0.25, 0.3) is 5.91 Å². The van der Waals surface area contributed by atoms with Crippen molar-refractivity contribution < 1.29 is 23.7 Å². The predicted molar refractivity (Wildman–Crippen MR) is 97.5 cm³/mol. The smallest absolute Gasteiger partial charge is 0.251 e. The molecule has 138 valence electrons. The molecule has 0 aliphatic carbocycles. The van der Waals surface area contributed by atoms with Crippen LogP contribution in [-0.4, -0.2) is 38.4 Å². The number of carbonyl (C=O) groups is 1. The van der Waals surface area contributed by atoms with Gasteiger partial charge in [0.15, 0.2) is 23.0 Å². The molecule has 1 aliphatic rings. The highest BCUT2D eigenvalue weighted by atomic mass is 16.6. The van der Waals surface area contributed by atoms with E-state index in [0.29, 0.717) is 49.2 Å². The summed E-state index contributed by atoms with van der Waals surface area (Å²) in [4.78, 5) is 12.5. The molecule has 0 spiro atoms. The van der Waals surface area contributed by atoms with Crippen molar-refractivity contribution in [2.75, 3.05) is 26.4 Å². The number of carbonyl (C=O) groups excluding carboxylic acids is 1. The van der Waals surface area contributed by atoms with E-state index in [2.05, 4.69) is 5.32 Å². The standard InChI is InChI=1S/C20H23NO5/c1-3-23-17-10-9-14(11-19(17)24-4-2)20(22)21-12-15-13-25-16-7-5-6-8-18(16)26-15/h5-11,15H,3-4,12-13H2,1-2H3,(H,21,22)/t15-/m1/s1. The lowest BCUT2D eigenvalue weighted by Gasteiger charge is -2.26. The number of benzene rings is 2. The third-order valence-corrected chi connectivity index (χ3v) is 3.86. The summed E-state index contributed by atoms with van der Waals surface area (Å²) >= 11 is 0. The Labute approximate surface area is 153 Å². The highest BCUT2D eigenvalue weighted by molar-refractivity contribution is 5.94. The van der Waals surface area contributed by atoms with E-state index in [1.807, 2.05) is 38.1 Å². The first-order valence-electron chi connectivity index (χ1n) is 8.77. The number of fused-ring (bicyclic) bond motifs is 1. The largest absolute Gasteiger partial charge is 0.490 e. The zero-order valence-electron chi connectivity index (χ0n) is 15.0. The minimum Gasteiger partial charge on any atom is -0.490 e. The molecule has 0 radical (unpaired) electrons. The van der Waals surface area contributed by atoms with Crippen LogP contribution in [0.1, 0.15) is 24.2 Å². The molecule has 1 aliphatic heterocycles. The third kappa shape index (κ3) is 4.20. The first-order chi connectivity index (χ1) is 12.7. The van der Waals surface area contributed by atoms with Gasteiger partial charge in [-0.3, -0.25) is 4.79 Å². The van der Waals surface area contributed by atoms with Gasteiger partial charge < -0.3 is 24.3 Å². The van der Waals surface area contributed by atoms with Crippen LogP contribution >= 0.6 is 0 Å². The van der Waals surface area contributed by atoms with E-state index < -0.39 is 0 Å². The zero-order chi connectivity index (χ0) is 18.4. The predicted octanol–water partition coefficient (Wildman–Crippen LogP) is 3.05. The van der Waals surface area contributed by atoms with Crippen LogP contribution in [0.25, 0.3) is 0 Å². The molecule has 0 fully saturated rings. The van der Waals surface area contributed by atoms with E-state index in [4.69, 9.17) is 18.9 Å². The van der Waals surface area contributed by atoms with Crippen molar-refractivity contribution in [1.29, 1.82) is 0 Å². The fourth-order valence-corrected chi connectivity index (χ4v) is 2.66. The van der Waals surface area contributed by atoms with Gasteiger partial charge in [-0.2, -0.15) is 0 Å². The van der Waals surface area contributed by atoms with Gasteiger partial charge in [0.05, 0.1) is 19.8 Å². The zero-order valence-corrected chi connectivity index (χ0v) is 15.0. The molecule has 1 amide bonds. The average Bonchev–Trinajstić information content (AvgIpc) is 2.67. The number of amides is 1. The van der Waals surface area contributed by atoms with Crippen molar-refractivity contribution in [3.05, 3.63) is 48.0 Å². The van der Waals surface area contributed by atoms with Crippen molar-refractivity contribution in [3.8, 4) is 23.0 Å². The van der Waals surface area contributed by atoms with Crippen LogP contribution in [0.5, 0.6) is 23.0 Å². The molecule has 1 heterocycles. The van der Waals surface area contributed by atoms with Crippen LogP contribution in [0.15, 0.2) is 42.5 Å². The Hall–Kier alpha value is -2.89. The van der Waals surface area contributed by atoms with Gasteiger partial charge >= 0.3 is 0 Å². The van der Waals surface area contributed by atoms with Gasteiger partial charge in [0, 0.05) is 5.56 Å². The SMILES string of the molecule is CCOc1ccc(C(=O)NC[C@@H]2COc3ccccc3O2)cc1OCC. The van der Waals surface area contributed by atoms with Gasteiger partial charge in [0.1, 0.15) is 12.7 Å². The summed E-state index contributed by atoms with van der Waals surface area (Å²) in [6, 6.07) is 12.7. The number of rotatable bonds is 7. The highest BCUT2D eigenvalue weighted by Gasteiger charge is 2.21. The second kappa shape index (κ2) is 8.47. The number of hydrogen-bond donors (Lipinski definition) is 1. The topological polar surface area (TPSA) is 66.0 Å². The lowest BCUT2D eigenvalue weighted by Crippen LogP contribution is -2.40. The minimum absolute atomic E-state index is 0.198. The maximum Gasteiger partial charge on any atom is 0.251 e. The molecular formula is C20H23NO5. The first kappa shape index (κ1) is 17.9. The highest BCUT2D eigenvalue weighted by Crippen LogP contribution is 2.31. The van der Waals surface area contributed by atoms with Crippen LogP contribution in [0, 0.1) is 0 Å². The van der Waals surface area contributed by atoms with Crippen LogP contribution in [-0.2, 0) is 0 Å². The molecule has 0 bridgehead atoms. The van der Waals surface area contributed by atoms with Gasteiger partial charge in [-0.05, 0) is 44.2 Å². The van der Waals surface area contributed by atoms with Gasteiger partial charge in [-0.25, -0.2) is 0 Å². The van der Waals surface area contributed by atoms with E-state index in [1.165, 1.54) is 0 Å². The maximum atomic E-state index is 12.5. The monoisotopic (exact) mass is 357 g/mol. The molecule has 6 heteroatoms. The van der Waals surface area contributed by atoms with Gasteiger partial charge in [-0.1, -0.05) is 12.1 Å². The van der Waals surface area contributed by atoms with Crippen molar-refractivity contribution in [2.45, 2.75) is 20.0 Å². The summed E-state index contributed by atoms with van der Waals surface area (Å²) in [6.07, 6.45) is -0.233. The average molecular weight is 357 g/mol. The summed E-state index contributed by atoms with van der Waals surface area (Å²) in [7, 11) is 0. The van der Waals surface area contributed by atoms with Crippen molar-refractivity contribution >= 4 is 5.91 Å². The lowest BCUT2D eigenvalue weighted by atomic mass is 10.2. The molecule has 1 N–H and O–H groups in total. The van der Waals surface area contributed by atoms with Crippen molar-refractivity contribution in [1.82, 2.24) is 5.32 Å². The summed E-state index contributed by atoms with van der Waals surface area (Å²) in [6.45, 7) is 5.57. The minimum atomic E-state index is -0.233. The number of ether oxygens (including phenoxy) is 4. The van der Waals surface area contributed by atoms with Crippen LogP contribution < -0.4 is 24.3 Å². The van der Waals surface area contributed by atoms with E-state index in [9.17, 15) is 4.79 Å². The van der Waals surface area contributed by atoms with Crippen LogP contribution in [0.3, 0.4) is 0 Å².